The number of nitrogens with zero attached hydrogens (tertiary/aromatic N) is 4. The van der Waals surface area contributed by atoms with E-state index >= 15 is 0 Å². The second kappa shape index (κ2) is 8.95. The van der Waals surface area contributed by atoms with Crippen molar-refractivity contribution in [2.45, 2.75) is 31.7 Å². The Morgan fingerprint density at radius 1 is 1.27 bits per heavy atom. The molecule has 0 radical (unpaired) electrons. The van der Waals surface area contributed by atoms with E-state index in [0.29, 0.717) is 31.2 Å². The van der Waals surface area contributed by atoms with Crippen LogP contribution in [0.3, 0.4) is 0 Å². The summed E-state index contributed by atoms with van der Waals surface area (Å²) in [5.41, 5.74) is 2.01. The molecule has 0 saturated carbocycles. The summed E-state index contributed by atoms with van der Waals surface area (Å²) in [6.07, 6.45) is 2.97. The van der Waals surface area contributed by atoms with Gasteiger partial charge >= 0.3 is 0 Å². The average molecular weight is 413 g/mol. The number of hydrogen-bond acceptors (Lipinski definition) is 6. The van der Waals surface area contributed by atoms with E-state index in [-0.39, 0.29) is 18.3 Å². The molecule has 2 aliphatic heterocycles. The van der Waals surface area contributed by atoms with Gasteiger partial charge in [-0.1, -0.05) is 0 Å². The van der Waals surface area contributed by atoms with Crippen molar-refractivity contribution >= 4 is 11.7 Å². The van der Waals surface area contributed by atoms with E-state index in [1.54, 1.807) is 4.90 Å². The highest BCUT2D eigenvalue weighted by atomic mass is 19.1. The number of amides is 1. The van der Waals surface area contributed by atoms with Gasteiger partial charge < -0.3 is 19.9 Å². The van der Waals surface area contributed by atoms with Gasteiger partial charge in [-0.15, -0.1) is 0 Å². The normalized spacial score (nSPS) is 19.3. The predicted octanol–water partition coefficient (Wildman–Crippen LogP) is 2.43. The molecule has 1 aromatic heterocycles. The zero-order valence-electron chi connectivity index (χ0n) is 17.5. The number of nitrogens with one attached hydrogen (secondary N) is 1. The zero-order valence-corrected chi connectivity index (χ0v) is 17.5. The van der Waals surface area contributed by atoms with Crippen LogP contribution in [0.25, 0.3) is 0 Å². The summed E-state index contributed by atoms with van der Waals surface area (Å²) in [7, 11) is 4.00. The maximum absolute atomic E-state index is 13.0. The predicted molar refractivity (Wildman–Crippen MR) is 112 cm³/mol. The first-order chi connectivity index (χ1) is 14.5. The molecule has 1 N–H and O–H groups in total. The second-order valence-electron chi connectivity index (χ2n) is 8.01. The van der Waals surface area contributed by atoms with Crippen LogP contribution in [-0.4, -0.2) is 66.0 Å². The third kappa shape index (κ3) is 4.53. The highest BCUT2D eigenvalue weighted by Crippen LogP contribution is 2.29. The molecule has 1 fully saturated rings. The molecule has 4 rings (SSSR count). The van der Waals surface area contributed by atoms with E-state index in [0.717, 1.165) is 48.8 Å². The lowest BCUT2D eigenvalue weighted by atomic mass is 9.96. The molecule has 8 heteroatoms. The van der Waals surface area contributed by atoms with Gasteiger partial charge in [-0.05, 0) is 50.7 Å². The molecule has 1 amide bonds. The minimum atomic E-state index is -0.333. The van der Waals surface area contributed by atoms with E-state index in [1.807, 2.05) is 7.05 Å². The van der Waals surface area contributed by atoms with Gasteiger partial charge in [-0.25, -0.2) is 14.4 Å². The molecule has 0 aliphatic carbocycles. The molecule has 160 valence electrons. The highest BCUT2D eigenvalue weighted by Gasteiger charge is 2.28. The summed E-state index contributed by atoms with van der Waals surface area (Å²) < 4.78 is 18.5. The van der Waals surface area contributed by atoms with Gasteiger partial charge in [0.15, 0.2) is 6.61 Å². The van der Waals surface area contributed by atoms with E-state index < -0.39 is 0 Å². The maximum Gasteiger partial charge on any atom is 0.260 e. The van der Waals surface area contributed by atoms with Gasteiger partial charge in [0.25, 0.3) is 5.91 Å². The van der Waals surface area contributed by atoms with Crippen LogP contribution in [0.1, 0.15) is 35.8 Å². The molecule has 1 aromatic carbocycles. The number of carbonyl (C=O) groups excluding carboxylic acids is 1. The van der Waals surface area contributed by atoms with Crippen molar-refractivity contribution in [1.82, 2.24) is 19.8 Å². The van der Waals surface area contributed by atoms with Gasteiger partial charge in [0.1, 0.15) is 23.2 Å². The summed E-state index contributed by atoms with van der Waals surface area (Å²) in [4.78, 5) is 26.5. The summed E-state index contributed by atoms with van der Waals surface area (Å²) in [6.45, 7) is 3.08. The fraction of sp³-hybridized carbons (Fsp3) is 0.500. The maximum atomic E-state index is 13.0. The molecule has 30 heavy (non-hydrogen) atoms. The van der Waals surface area contributed by atoms with Crippen molar-refractivity contribution < 1.29 is 13.9 Å². The van der Waals surface area contributed by atoms with Crippen molar-refractivity contribution in [2.75, 3.05) is 45.7 Å². The van der Waals surface area contributed by atoms with Gasteiger partial charge in [-0.2, -0.15) is 0 Å². The smallest absolute Gasteiger partial charge is 0.260 e. The van der Waals surface area contributed by atoms with Crippen molar-refractivity contribution in [1.29, 1.82) is 0 Å². The number of anilines is 1. The largest absolute Gasteiger partial charge is 0.484 e. The first-order valence-electron chi connectivity index (χ1n) is 10.5. The lowest BCUT2D eigenvalue weighted by Gasteiger charge is -2.32. The Kier molecular flexibility index (Phi) is 6.13. The fourth-order valence-corrected chi connectivity index (χ4v) is 4.18. The van der Waals surface area contributed by atoms with Gasteiger partial charge in [0.05, 0.1) is 12.2 Å². The number of benzene rings is 1. The molecule has 7 nitrogen and oxygen atoms in total. The molecular weight excluding hydrogens is 385 g/mol. The topological polar surface area (TPSA) is 70.6 Å². The summed E-state index contributed by atoms with van der Waals surface area (Å²) in [5.74, 6) is 2.10. The Bertz CT molecular complexity index is 888. The van der Waals surface area contributed by atoms with Gasteiger partial charge in [0, 0.05) is 38.0 Å². The Labute approximate surface area is 176 Å². The number of piperidine rings is 1. The van der Waals surface area contributed by atoms with E-state index in [4.69, 9.17) is 14.7 Å². The van der Waals surface area contributed by atoms with Crippen molar-refractivity contribution in [2.24, 2.45) is 0 Å². The van der Waals surface area contributed by atoms with Crippen LogP contribution in [0.4, 0.5) is 10.2 Å². The quantitative estimate of drug-likeness (QED) is 0.812. The molecule has 3 heterocycles. The molecule has 2 aliphatic rings. The molecule has 0 bridgehead atoms. The SMILES string of the molecule is CNc1nc([C@H]2CCCN(C)C2)nc2c1CN(C(=O)COc1ccc(F)cc1)CC2. The molecule has 2 aromatic rings. The minimum Gasteiger partial charge on any atom is -0.484 e. The highest BCUT2D eigenvalue weighted by molar-refractivity contribution is 5.78. The second-order valence-corrected chi connectivity index (χ2v) is 8.01. The first-order valence-corrected chi connectivity index (χ1v) is 10.5. The number of aromatic nitrogens is 2. The number of likely N-dealkylation sites (tertiary alicyclic amines) is 1. The Morgan fingerprint density at radius 2 is 2.07 bits per heavy atom. The Balaban J connectivity index is 1.44. The third-order valence-electron chi connectivity index (χ3n) is 5.83. The molecule has 0 unspecified atom stereocenters. The standard InChI is InChI=1S/C22H28FN5O2/c1-24-22-18-13-28(20(29)14-30-17-7-5-16(23)6-8-17)11-9-19(18)25-21(26-22)15-4-3-10-27(2)12-15/h5-8,15H,3-4,9-14H2,1-2H3,(H,24,25,26)/t15-/m0/s1. The lowest BCUT2D eigenvalue weighted by Crippen LogP contribution is -2.40. The monoisotopic (exact) mass is 413 g/mol. The van der Waals surface area contributed by atoms with Crippen molar-refractivity contribution in [3.8, 4) is 5.75 Å². The summed E-state index contributed by atoms with van der Waals surface area (Å²) in [6, 6.07) is 5.67. The van der Waals surface area contributed by atoms with Crippen LogP contribution in [0, 0.1) is 5.82 Å². The minimum absolute atomic E-state index is 0.0802. The lowest BCUT2D eigenvalue weighted by molar-refractivity contribution is -0.134. The molecule has 0 spiro atoms. The third-order valence-corrected chi connectivity index (χ3v) is 5.83. The zero-order chi connectivity index (χ0) is 21.1. The van der Waals surface area contributed by atoms with Crippen LogP contribution in [-0.2, 0) is 17.8 Å². The molecule has 1 saturated heterocycles. The van der Waals surface area contributed by atoms with Crippen molar-refractivity contribution in [3.05, 3.63) is 47.2 Å². The Hall–Kier alpha value is -2.74. The van der Waals surface area contributed by atoms with Crippen LogP contribution in [0.5, 0.6) is 5.75 Å². The summed E-state index contributed by atoms with van der Waals surface area (Å²) in [5, 5.41) is 3.20. The van der Waals surface area contributed by atoms with Crippen LogP contribution in [0.2, 0.25) is 0 Å². The van der Waals surface area contributed by atoms with E-state index in [2.05, 4.69) is 17.3 Å². The number of ether oxygens (including phenoxy) is 1. The number of likely N-dealkylation sites (N-methyl/N-ethyl adjacent to an activating group) is 1. The number of fused-ring (bicyclic) bond motifs is 1. The Morgan fingerprint density at radius 3 is 2.80 bits per heavy atom. The molecule has 1 atom stereocenters. The van der Waals surface area contributed by atoms with Gasteiger partial charge in [-0.3, -0.25) is 4.79 Å². The number of hydrogen-bond donors (Lipinski definition) is 1. The van der Waals surface area contributed by atoms with Crippen LogP contribution >= 0.6 is 0 Å². The van der Waals surface area contributed by atoms with E-state index in [9.17, 15) is 9.18 Å². The number of halogens is 1. The number of carbonyl (C=O) groups is 1. The average Bonchev–Trinajstić information content (AvgIpc) is 2.77. The molecular formula is C22H28FN5O2. The number of rotatable bonds is 5. The first kappa shape index (κ1) is 20.5. The van der Waals surface area contributed by atoms with Crippen LogP contribution < -0.4 is 10.1 Å². The fourth-order valence-electron chi connectivity index (χ4n) is 4.18. The van der Waals surface area contributed by atoms with Gasteiger partial charge in [0.2, 0.25) is 0 Å². The van der Waals surface area contributed by atoms with Crippen LogP contribution in [0.15, 0.2) is 24.3 Å². The van der Waals surface area contributed by atoms with Crippen molar-refractivity contribution in [3.63, 3.8) is 0 Å². The van der Waals surface area contributed by atoms with E-state index in [1.165, 1.54) is 24.3 Å². The summed E-state index contributed by atoms with van der Waals surface area (Å²) >= 11 is 0.